The van der Waals surface area contributed by atoms with E-state index in [9.17, 15) is 22.4 Å². The number of carbonyl (C=O) groups excluding carboxylic acids is 1. The number of rotatable bonds is 11. The highest BCUT2D eigenvalue weighted by Crippen LogP contribution is 2.28. The van der Waals surface area contributed by atoms with Crippen molar-refractivity contribution in [1.82, 2.24) is 4.98 Å². The number of anilines is 2. The Labute approximate surface area is 217 Å². The van der Waals surface area contributed by atoms with Crippen LogP contribution in [0.15, 0.2) is 97.2 Å². The van der Waals surface area contributed by atoms with Crippen LogP contribution in [-0.4, -0.2) is 36.4 Å². The molecule has 1 aromatic heterocycles. The van der Waals surface area contributed by atoms with E-state index in [-0.39, 0.29) is 11.7 Å². The first-order valence-corrected chi connectivity index (χ1v) is 11.9. The molecule has 0 saturated heterocycles. The van der Waals surface area contributed by atoms with Gasteiger partial charge >= 0.3 is 12.3 Å². The average molecular weight is 524 g/mol. The number of alkyl halides is 4. The van der Waals surface area contributed by atoms with Crippen molar-refractivity contribution in [3.63, 3.8) is 0 Å². The number of aromatic nitrogens is 1. The zero-order valence-corrected chi connectivity index (χ0v) is 20.2. The Hall–Kier alpha value is -4.40. The fourth-order valence-electron chi connectivity index (χ4n) is 3.66. The molecule has 0 aliphatic heterocycles. The lowest BCUT2D eigenvalue weighted by molar-refractivity contribution is -0.148. The fraction of sp³-hybridized carbons (Fsp3) is 0.172. The van der Waals surface area contributed by atoms with Crippen LogP contribution in [0.5, 0.6) is 5.75 Å². The number of hydrogen-bond donors (Lipinski definition) is 2. The summed E-state index contributed by atoms with van der Waals surface area (Å²) in [6, 6.07) is 26.0. The van der Waals surface area contributed by atoms with Crippen LogP contribution in [0.3, 0.4) is 0 Å². The minimum Gasteiger partial charge on any atom is -0.487 e. The molecule has 0 aliphatic rings. The van der Waals surface area contributed by atoms with Crippen LogP contribution in [-0.2, 0) is 6.42 Å². The van der Waals surface area contributed by atoms with Crippen LogP contribution in [0, 0.1) is 0 Å². The predicted octanol–water partition coefficient (Wildman–Crippen LogP) is 6.93. The molecule has 1 heterocycles. The summed E-state index contributed by atoms with van der Waals surface area (Å²) in [5, 5.41) is 6.20. The van der Waals surface area contributed by atoms with Crippen molar-refractivity contribution >= 4 is 17.3 Å². The molecule has 0 fully saturated rings. The lowest BCUT2D eigenvalue weighted by atomic mass is 9.99. The number of amides is 1. The second-order valence-electron chi connectivity index (χ2n) is 8.45. The van der Waals surface area contributed by atoms with Gasteiger partial charge in [0.1, 0.15) is 5.75 Å². The quantitative estimate of drug-likeness (QED) is 0.209. The van der Waals surface area contributed by atoms with Crippen LogP contribution < -0.4 is 15.4 Å². The van der Waals surface area contributed by atoms with Crippen LogP contribution in [0.4, 0.5) is 28.9 Å². The second-order valence-corrected chi connectivity index (χ2v) is 8.45. The maximum absolute atomic E-state index is 13.1. The molecule has 0 saturated carbocycles. The summed E-state index contributed by atoms with van der Waals surface area (Å²) in [6.45, 7) is -0.712. The molecule has 38 heavy (non-hydrogen) atoms. The van der Waals surface area contributed by atoms with E-state index in [2.05, 4.69) is 15.6 Å². The molecule has 3 aromatic carbocycles. The number of ether oxygens (including phenoxy) is 1. The molecule has 4 aromatic rings. The summed E-state index contributed by atoms with van der Waals surface area (Å²) in [4.78, 5) is 17.3. The highest BCUT2D eigenvalue weighted by molar-refractivity contribution is 6.08. The molecule has 0 bridgehead atoms. The molecule has 0 spiro atoms. The number of nitrogens with one attached hydrogen (secondary N) is 2. The molecule has 5 nitrogen and oxygen atoms in total. The van der Waals surface area contributed by atoms with E-state index in [1.54, 1.807) is 54.7 Å². The lowest BCUT2D eigenvalue weighted by Gasteiger charge is -2.16. The molecular formula is C29H25F4N3O2. The molecule has 0 unspecified atom stereocenters. The smallest absolute Gasteiger partial charge is 0.340 e. The van der Waals surface area contributed by atoms with Crippen LogP contribution in [0.1, 0.15) is 16.1 Å². The number of benzene rings is 3. The molecule has 0 aliphatic carbocycles. The predicted molar refractivity (Wildman–Crippen MR) is 139 cm³/mol. The van der Waals surface area contributed by atoms with Crippen LogP contribution in [0.25, 0.3) is 11.1 Å². The molecule has 196 valence electrons. The SMILES string of the molecule is O=C(Nc1ccc(NCCc2ccccn2)cc1)c1ccccc1-c1ccc(OCC(F)(F)C(F)F)cc1. The van der Waals surface area contributed by atoms with E-state index < -0.39 is 19.0 Å². The van der Waals surface area contributed by atoms with E-state index >= 15 is 0 Å². The summed E-state index contributed by atoms with van der Waals surface area (Å²) < 4.78 is 55.7. The van der Waals surface area contributed by atoms with Crippen molar-refractivity contribution in [2.75, 3.05) is 23.8 Å². The first-order valence-electron chi connectivity index (χ1n) is 11.9. The van der Waals surface area contributed by atoms with Gasteiger partial charge in [0.2, 0.25) is 0 Å². The van der Waals surface area contributed by atoms with Gasteiger partial charge in [-0.25, -0.2) is 8.78 Å². The maximum atomic E-state index is 13.1. The summed E-state index contributed by atoms with van der Waals surface area (Å²) in [6.07, 6.45) is -1.26. The molecule has 0 radical (unpaired) electrons. The van der Waals surface area contributed by atoms with Gasteiger partial charge in [0, 0.05) is 41.8 Å². The van der Waals surface area contributed by atoms with Crippen LogP contribution >= 0.6 is 0 Å². The number of pyridine rings is 1. The summed E-state index contributed by atoms with van der Waals surface area (Å²) in [5.74, 6) is -4.55. The Morgan fingerprint density at radius 1 is 0.868 bits per heavy atom. The van der Waals surface area contributed by atoms with E-state index in [1.807, 2.05) is 30.3 Å². The van der Waals surface area contributed by atoms with Gasteiger partial charge in [-0.15, -0.1) is 0 Å². The maximum Gasteiger partial charge on any atom is 0.340 e. The van der Waals surface area contributed by atoms with E-state index in [4.69, 9.17) is 4.74 Å². The number of hydrogen-bond acceptors (Lipinski definition) is 4. The van der Waals surface area contributed by atoms with Crippen molar-refractivity contribution < 1.29 is 27.1 Å². The summed E-state index contributed by atoms with van der Waals surface area (Å²) in [7, 11) is 0. The van der Waals surface area contributed by atoms with Gasteiger partial charge in [-0.3, -0.25) is 9.78 Å². The Balaban J connectivity index is 1.37. The highest BCUT2D eigenvalue weighted by Gasteiger charge is 2.41. The van der Waals surface area contributed by atoms with E-state index in [1.165, 1.54) is 12.1 Å². The number of nitrogens with zero attached hydrogens (tertiary/aromatic N) is 1. The fourth-order valence-corrected chi connectivity index (χ4v) is 3.66. The highest BCUT2D eigenvalue weighted by atomic mass is 19.3. The molecule has 1 amide bonds. The van der Waals surface area contributed by atoms with E-state index in [0.717, 1.165) is 17.8 Å². The van der Waals surface area contributed by atoms with Crippen molar-refractivity contribution in [3.05, 3.63) is 108 Å². The molecular weight excluding hydrogens is 498 g/mol. The normalized spacial score (nSPS) is 11.3. The van der Waals surface area contributed by atoms with Crippen molar-refractivity contribution in [2.45, 2.75) is 18.8 Å². The van der Waals surface area contributed by atoms with Gasteiger partial charge in [0.05, 0.1) is 0 Å². The third-order valence-corrected chi connectivity index (χ3v) is 5.67. The Kier molecular flexibility index (Phi) is 8.58. The van der Waals surface area contributed by atoms with Crippen molar-refractivity contribution in [3.8, 4) is 16.9 Å². The van der Waals surface area contributed by atoms with Gasteiger partial charge in [-0.1, -0.05) is 36.4 Å². The first kappa shape index (κ1) is 26.7. The Morgan fingerprint density at radius 3 is 2.24 bits per heavy atom. The first-order chi connectivity index (χ1) is 18.3. The minimum absolute atomic E-state index is 0.0183. The minimum atomic E-state index is -4.24. The summed E-state index contributed by atoms with van der Waals surface area (Å²) in [5.41, 5.74) is 4.18. The summed E-state index contributed by atoms with van der Waals surface area (Å²) >= 11 is 0. The van der Waals surface area contributed by atoms with Crippen LogP contribution in [0.2, 0.25) is 0 Å². The number of carbonyl (C=O) groups is 1. The van der Waals surface area contributed by atoms with Crippen molar-refractivity contribution in [1.29, 1.82) is 0 Å². The monoisotopic (exact) mass is 523 g/mol. The second kappa shape index (κ2) is 12.2. The molecule has 4 rings (SSSR count). The van der Waals surface area contributed by atoms with E-state index in [0.29, 0.717) is 28.9 Å². The zero-order chi connectivity index (χ0) is 27.0. The third kappa shape index (κ3) is 7.09. The number of halogens is 4. The zero-order valence-electron chi connectivity index (χ0n) is 20.2. The van der Waals surface area contributed by atoms with Gasteiger partial charge in [0.25, 0.3) is 5.91 Å². The Morgan fingerprint density at radius 2 is 1.55 bits per heavy atom. The standard InChI is InChI=1S/C29H25F4N3O2/c30-28(31)29(32,33)19-38-24-14-8-20(9-15-24)25-6-1-2-7-26(25)27(37)36-23-12-10-22(11-13-23)35-18-16-21-5-3-4-17-34-21/h1-15,17,28,35H,16,18-19H2,(H,36,37). The lowest BCUT2D eigenvalue weighted by Crippen LogP contribution is -2.33. The topological polar surface area (TPSA) is 63.2 Å². The largest absolute Gasteiger partial charge is 0.487 e. The molecule has 2 N–H and O–H groups in total. The molecule has 0 atom stereocenters. The Bertz CT molecular complexity index is 1330. The van der Waals surface area contributed by atoms with Gasteiger partial charge in [0.15, 0.2) is 6.61 Å². The molecule has 9 heteroatoms. The van der Waals surface area contributed by atoms with Gasteiger partial charge < -0.3 is 15.4 Å². The van der Waals surface area contributed by atoms with Gasteiger partial charge in [-0.05, 0) is 65.7 Å². The third-order valence-electron chi connectivity index (χ3n) is 5.67. The van der Waals surface area contributed by atoms with Gasteiger partial charge in [-0.2, -0.15) is 8.78 Å². The average Bonchev–Trinajstić information content (AvgIpc) is 2.94. The van der Waals surface area contributed by atoms with Crippen molar-refractivity contribution in [2.24, 2.45) is 0 Å².